The zero-order valence-electron chi connectivity index (χ0n) is 15.6. The zero-order chi connectivity index (χ0) is 19.8. The van der Waals surface area contributed by atoms with Crippen molar-refractivity contribution in [2.45, 2.75) is 50.0 Å². The van der Waals surface area contributed by atoms with Gasteiger partial charge in [-0.2, -0.15) is 0 Å². The molecular weight excluding hydrogens is 375 g/mol. The van der Waals surface area contributed by atoms with Gasteiger partial charge in [-0.3, -0.25) is 0 Å². The number of ether oxygens (including phenoxy) is 1. The summed E-state index contributed by atoms with van der Waals surface area (Å²) in [5.41, 5.74) is 1.22. The Hall–Kier alpha value is -3.07. The molecule has 1 aromatic carbocycles. The van der Waals surface area contributed by atoms with Crippen molar-refractivity contribution in [3.05, 3.63) is 43.1 Å². The smallest absolute Gasteiger partial charge is 0.252 e. The number of nitrogens with one attached hydrogen (secondary N) is 1. The number of fused-ring (bicyclic) bond motifs is 2. The number of alkyl halides is 1. The van der Waals surface area contributed by atoms with Crippen molar-refractivity contribution in [3.8, 4) is 28.7 Å². The van der Waals surface area contributed by atoms with Crippen molar-refractivity contribution >= 4 is 0 Å². The van der Waals surface area contributed by atoms with Crippen molar-refractivity contribution < 1.29 is 14.2 Å². The number of piperidine rings is 2. The van der Waals surface area contributed by atoms with Crippen LogP contribution in [0.3, 0.4) is 0 Å². The molecule has 3 aromatic rings. The highest BCUT2D eigenvalue weighted by atomic mass is 19.1. The number of imidazole rings is 1. The second-order valence-corrected chi connectivity index (χ2v) is 7.53. The van der Waals surface area contributed by atoms with Gasteiger partial charge < -0.3 is 19.7 Å². The number of benzene rings is 1. The minimum absolute atomic E-state index is 0.0293. The van der Waals surface area contributed by atoms with Crippen LogP contribution in [0.15, 0.2) is 43.1 Å². The Balaban J connectivity index is 1.31. The molecular formula is C20H21FN6O2. The lowest BCUT2D eigenvalue weighted by Gasteiger charge is -2.42. The van der Waals surface area contributed by atoms with Gasteiger partial charge in [-0.1, -0.05) is 6.42 Å². The number of halogens is 1. The standard InChI is InChI=1S/C20H21FN6O2/c21-19-15-3-1-2-12(24-15)8-17(19)29-18-10-23-20(26-25-18)14-5-4-13(9-16(14)28)27-7-6-22-11-27/h4-7,9-12,15,17,19,24,28H,1-3,8H2/t12?,15?,17-,19-/m1/s1. The Morgan fingerprint density at radius 2 is 2.17 bits per heavy atom. The molecule has 4 heterocycles. The second-order valence-electron chi connectivity index (χ2n) is 7.53. The van der Waals surface area contributed by atoms with Crippen LogP contribution in [0.2, 0.25) is 0 Å². The maximum Gasteiger partial charge on any atom is 0.252 e. The van der Waals surface area contributed by atoms with Crippen LogP contribution in [-0.4, -0.2) is 54.2 Å². The molecule has 2 N–H and O–H groups in total. The summed E-state index contributed by atoms with van der Waals surface area (Å²) in [5.74, 6) is 0.489. The van der Waals surface area contributed by atoms with Crippen LogP contribution >= 0.6 is 0 Å². The summed E-state index contributed by atoms with van der Waals surface area (Å²) in [4.78, 5) is 8.24. The van der Waals surface area contributed by atoms with Gasteiger partial charge in [0.25, 0.3) is 5.88 Å². The summed E-state index contributed by atoms with van der Waals surface area (Å²) in [6.45, 7) is 0. The molecule has 0 spiro atoms. The Labute approximate surface area is 166 Å². The van der Waals surface area contributed by atoms with E-state index in [1.54, 1.807) is 35.4 Å². The minimum Gasteiger partial charge on any atom is -0.507 e. The highest BCUT2D eigenvalue weighted by Crippen LogP contribution is 2.31. The molecule has 0 amide bonds. The third kappa shape index (κ3) is 3.53. The van der Waals surface area contributed by atoms with Crippen molar-refractivity contribution in [1.29, 1.82) is 0 Å². The van der Waals surface area contributed by atoms with Crippen LogP contribution in [0.25, 0.3) is 17.1 Å². The number of rotatable bonds is 4. The van der Waals surface area contributed by atoms with Gasteiger partial charge in [0, 0.05) is 37.0 Å². The van der Waals surface area contributed by atoms with E-state index in [-0.39, 0.29) is 29.5 Å². The molecule has 2 bridgehead atoms. The molecule has 2 aromatic heterocycles. The number of hydrogen-bond acceptors (Lipinski definition) is 7. The van der Waals surface area contributed by atoms with E-state index in [0.717, 1.165) is 24.9 Å². The monoisotopic (exact) mass is 396 g/mol. The van der Waals surface area contributed by atoms with Crippen LogP contribution in [0.5, 0.6) is 11.6 Å². The largest absolute Gasteiger partial charge is 0.507 e. The van der Waals surface area contributed by atoms with E-state index in [4.69, 9.17) is 4.74 Å². The first-order valence-electron chi connectivity index (χ1n) is 9.75. The highest BCUT2D eigenvalue weighted by Gasteiger charge is 2.41. The molecule has 2 saturated heterocycles. The van der Waals surface area contributed by atoms with E-state index >= 15 is 0 Å². The third-order valence-corrected chi connectivity index (χ3v) is 5.61. The quantitative estimate of drug-likeness (QED) is 0.699. The number of aromatic hydroxyl groups is 1. The van der Waals surface area contributed by atoms with Crippen LogP contribution in [-0.2, 0) is 0 Å². The summed E-state index contributed by atoms with van der Waals surface area (Å²) in [7, 11) is 0. The van der Waals surface area contributed by atoms with Gasteiger partial charge in [0.05, 0.1) is 23.8 Å². The minimum atomic E-state index is -1.08. The number of aromatic nitrogens is 5. The number of hydrogen-bond donors (Lipinski definition) is 2. The summed E-state index contributed by atoms with van der Waals surface area (Å²) in [5, 5.41) is 21.8. The van der Waals surface area contributed by atoms with Gasteiger partial charge in [-0.15, -0.1) is 10.2 Å². The molecule has 0 radical (unpaired) electrons. The molecule has 150 valence electrons. The number of phenolic OH excluding ortho intramolecular Hbond substituents is 1. The van der Waals surface area contributed by atoms with Crippen molar-refractivity contribution in [2.24, 2.45) is 0 Å². The van der Waals surface area contributed by atoms with Crippen molar-refractivity contribution in [3.63, 3.8) is 0 Å². The topological polar surface area (TPSA) is 98.0 Å². The van der Waals surface area contributed by atoms with E-state index in [9.17, 15) is 9.50 Å². The van der Waals surface area contributed by atoms with Crippen LogP contribution in [0.4, 0.5) is 4.39 Å². The lowest BCUT2D eigenvalue weighted by molar-refractivity contribution is 0.00628. The van der Waals surface area contributed by atoms with E-state index in [1.165, 1.54) is 6.20 Å². The van der Waals surface area contributed by atoms with Gasteiger partial charge in [0.1, 0.15) is 11.9 Å². The first kappa shape index (κ1) is 18.0. The van der Waals surface area contributed by atoms with Crippen molar-refractivity contribution in [1.82, 2.24) is 30.0 Å². The molecule has 0 saturated carbocycles. The fraction of sp³-hybridized carbons (Fsp3) is 0.400. The van der Waals surface area contributed by atoms with Crippen LogP contribution in [0, 0.1) is 0 Å². The fourth-order valence-electron chi connectivity index (χ4n) is 4.15. The molecule has 5 rings (SSSR count). The maximum absolute atomic E-state index is 14.7. The molecule has 2 unspecified atom stereocenters. The molecule has 0 aliphatic carbocycles. The molecule has 9 heteroatoms. The normalized spacial score (nSPS) is 26.2. The predicted octanol–water partition coefficient (Wildman–Crippen LogP) is 2.43. The van der Waals surface area contributed by atoms with Gasteiger partial charge in [-0.25, -0.2) is 14.4 Å². The van der Waals surface area contributed by atoms with E-state index in [1.807, 2.05) is 6.07 Å². The van der Waals surface area contributed by atoms with Gasteiger partial charge in [-0.05, 0) is 25.0 Å². The second kappa shape index (κ2) is 7.40. The SMILES string of the molecule is Oc1cc(-n2ccnc2)ccc1-c1ncc(O[C@@H]2CC3CCCC(N3)[C@H]2F)nn1. The fourth-order valence-corrected chi connectivity index (χ4v) is 4.15. The van der Waals surface area contributed by atoms with Gasteiger partial charge >= 0.3 is 0 Å². The van der Waals surface area contributed by atoms with Crippen LogP contribution in [0.1, 0.15) is 25.7 Å². The first-order valence-corrected chi connectivity index (χ1v) is 9.75. The summed E-state index contributed by atoms with van der Waals surface area (Å²) < 4.78 is 22.2. The Morgan fingerprint density at radius 3 is 2.93 bits per heavy atom. The highest BCUT2D eigenvalue weighted by molar-refractivity contribution is 5.65. The van der Waals surface area contributed by atoms with Crippen LogP contribution < -0.4 is 10.1 Å². The molecule has 2 fully saturated rings. The molecule has 29 heavy (non-hydrogen) atoms. The molecule has 2 aliphatic heterocycles. The lowest BCUT2D eigenvalue weighted by atomic mass is 9.84. The Kier molecular flexibility index (Phi) is 4.59. The van der Waals surface area contributed by atoms with E-state index in [0.29, 0.717) is 12.0 Å². The summed E-state index contributed by atoms with van der Waals surface area (Å²) in [6, 6.07) is 5.28. The maximum atomic E-state index is 14.7. The third-order valence-electron chi connectivity index (χ3n) is 5.61. The molecule has 2 aliphatic rings. The Morgan fingerprint density at radius 1 is 1.24 bits per heavy atom. The van der Waals surface area contributed by atoms with E-state index in [2.05, 4.69) is 25.5 Å². The molecule has 8 nitrogen and oxygen atoms in total. The van der Waals surface area contributed by atoms with Gasteiger partial charge in [0.2, 0.25) is 0 Å². The summed E-state index contributed by atoms with van der Waals surface area (Å²) in [6.07, 6.45) is 8.42. The number of phenols is 1. The predicted molar refractivity (Wildman–Crippen MR) is 103 cm³/mol. The first-order chi connectivity index (χ1) is 14.2. The molecule has 4 atom stereocenters. The summed E-state index contributed by atoms with van der Waals surface area (Å²) >= 11 is 0. The zero-order valence-corrected chi connectivity index (χ0v) is 15.6. The lowest BCUT2D eigenvalue weighted by Crippen LogP contribution is -2.59. The van der Waals surface area contributed by atoms with E-state index < -0.39 is 12.3 Å². The van der Waals surface area contributed by atoms with Gasteiger partial charge in [0.15, 0.2) is 12.0 Å². The number of nitrogens with zero attached hydrogens (tertiary/aromatic N) is 5. The average Bonchev–Trinajstić information content (AvgIpc) is 3.28. The van der Waals surface area contributed by atoms with Crippen molar-refractivity contribution in [2.75, 3.05) is 0 Å². The Bertz CT molecular complexity index is 981. The average molecular weight is 396 g/mol.